The molecular formula is C11H13ClN2O. The highest BCUT2D eigenvalue weighted by Crippen LogP contribution is 2.44. The van der Waals surface area contributed by atoms with Gasteiger partial charge in [0.2, 0.25) is 0 Å². The lowest BCUT2D eigenvalue weighted by Gasteiger charge is -2.37. The number of ether oxygens (including phenoxy) is 1. The molecule has 3 rings (SSSR count). The van der Waals surface area contributed by atoms with Gasteiger partial charge in [0, 0.05) is 18.2 Å². The van der Waals surface area contributed by atoms with E-state index in [9.17, 15) is 0 Å². The largest absolute Gasteiger partial charge is 0.489 e. The summed E-state index contributed by atoms with van der Waals surface area (Å²) in [7, 11) is 0. The van der Waals surface area contributed by atoms with Gasteiger partial charge in [-0.05, 0) is 12.8 Å². The van der Waals surface area contributed by atoms with E-state index in [0.717, 1.165) is 43.9 Å². The SMILES string of the molecule is Nc1cc2c3c(c1Cl)CCCN3CCO2. The van der Waals surface area contributed by atoms with Crippen LogP contribution in [0.3, 0.4) is 0 Å². The first-order valence-electron chi connectivity index (χ1n) is 5.26. The summed E-state index contributed by atoms with van der Waals surface area (Å²) in [4.78, 5) is 2.35. The smallest absolute Gasteiger partial charge is 0.145 e. The number of hydrogen-bond donors (Lipinski definition) is 1. The molecule has 2 aliphatic rings. The predicted octanol–water partition coefficient (Wildman–Crippen LogP) is 2.07. The molecule has 2 heterocycles. The molecular weight excluding hydrogens is 212 g/mol. The predicted molar refractivity (Wildman–Crippen MR) is 61.9 cm³/mol. The van der Waals surface area contributed by atoms with E-state index < -0.39 is 0 Å². The molecule has 2 N–H and O–H groups in total. The molecule has 0 saturated heterocycles. The molecule has 0 bridgehead atoms. The molecule has 1 aromatic carbocycles. The van der Waals surface area contributed by atoms with Crippen LogP contribution >= 0.6 is 11.6 Å². The van der Waals surface area contributed by atoms with Crippen molar-refractivity contribution in [3.05, 3.63) is 16.7 Å². The van der Waals surface area contributed by atoms with Crippen molar-refractivity contribution in [2.24, 2.45) is 0 Å². The van der Waals surface area contributed by atoms with Crippen LogP contribution in [-0.2, 0) is 6.42 Å². The summed E-state index contributed by atoms with van der Waals surface area (Å²) in [6, 6.07) is 1.85. The van der Waals surface area contributed by atoms with E-state index in [-0.39, 0.29) is 0 Å². The van der Waals surface area contributed by atoms with E-state index in [4.69, 9.17) is 22.1 Å². The van der Waals surface area contributed by atoms with Gasteiger partial charge in [0.1, 0.15) is 12.4 Å². The number of nitrogen functional groups attached to an aromatic ring is 1. The number of nitrogens with zero attached hydrogens (tertiary/aromatic N) is 1. The Morgan fingerprint density at radius 1 is 1.40 bits per heavy atom. The first-order chi connectivity index (χ1) is 7.27. The van der Waals surface area contributed by atoms with Gasteiger partial charge in [-0.25, -0.2) is 0 Å². The molecule has 0 spiro atoms. The number of anilines is 2. The number of hydrogen-bond acceptors (Lipinski definition) is 3. The molecule has 0 radical (unpaired) electrons. The van der Waals surface area contributed by atoms with Crippen molar-refractivity contribution in [3.8, 4) is 5.75 Å². The molecule has 80 valence electrons. The Morgan fingerprint density at radius 3 is 3.13 bits per heavy atom. The summed E-state index contributed by atoms with van der Waals surface area (Å²) >= 11 is 6.22. The molecule has 0 unspecified atom stereocenters. The van der Waals surface area contributed by atoms with Gasteiger partial charge in [-0.15, -0.1) is 0 Å². The van der Waals surface area contributed by atoms with Crippen LogP contribution in [0.15, 0.2) is 6.07 Å². The second-order valence-corrected chi connectivity index (χ2v) is 4.42. The number of halogens is 1. The fourth-order valence-corrected chi connectivity index (χ4v) is 2.67. The lowest BCUT2D eigenvalue weighted by molar-refractivity contribution is 0.304. The third kappa shape index (κ3) is 1.26. The zero-order valence-corrected chi connectivity index (χ0v) is 9.18. The highest BCUT2D eigenvalue weighted by Gasteiger charge is 2.27. The summed E-state index contributed by atoms with van der Waals surface area (Å²) < 4.78 is 5.63. The summed E-state index contributed by atoms with van der Waals surface area (Å²) in [6.07, 6.45) is 2.15. The van der Waals surface area contributed by atoms with Crippen molar-refractivity contribution in [2.45, 2.75) is 12.8 Å². The minimum atomic E-state index is 0.633. The fourth-order valence-electron chi connectivity index (χ4n) is 2.43. The summed E-state index contributed by atoms with van der Waals surface area (Å²) in [6.45, 7) is 2.80. The molecule has 4 heteroatoms. The Morgan fingerprint density at radius 2 is 2.27 bits per heavy atom. The molecule has 2 aliphatic heterocycles. The van der Waals surface area contributed by atoms with E-state index >= 15 is 0 Å². The maximum atomic E-state index is 6.22. The van der Waals surface area contributed by atoms with Gasteiger partial charge in [0.15, 0.2) is 0 Å². The van der Waals surface area contributed by atoms with Gasteiger partial charge in [0.05, 0.1) is 22.9 Å². The van der Waals surface area contributed by atoms with E-state index in [0.29, 0.717) is 10.7 Å². The van der Waals surface area contributed by atoms with Gasteiger partial charge in [0.25, 0.3) is 0 Å². The molecule has 0 saturated carbocycles. The van der Waals surface area contributed by atoms with E-state index in [1.807, 2.05) is 6.07 Å². The molecule has 0 atom stereocenters. The standard InChI is InChI=1S/C11H13ClN2O/c12-10-7-2-1-3-14-4-5-15-9(11(7)14)6-8(10)13/h6H,1-5,13H2. The molecule has 0 fully saturated rings. The Hall–Kier alpha value is -1.09. The second kappa shape index (κ2) is 3.20. The number of benzene rings is 1. The van der Waals surface area contributed by atoms with Crippen LogP contribution in [-0.4, -0.2) is 19.7 Å². The van der Waals surface area contributed by atoms with Crippen molar-refractivity contribution in [1.29, 1.82) is 0 Å². The Labute approximate surface area is 93.8 Å². The molecule has 3 nitrogen and oxygen atoms in total. The zero-order chi connectivity index (χ0) is 10.4. The highest BCUT2D eigenvalue weighted by molar-refractivity contribution is 6.34. The van der Waals surface area contributed by atoms with Crippen LogP contribution < -0.4 is 15.4 Å². The fraction of sp³-hybridized carbons (Fsp3) is 0.455. The first-order valence-corrected chi connectivity index (χ1v) is 5.64. The number of rotatable bonds is 0. The molecule has 0 aromatic heterocycles. The van der Waals surface area contributed by atoms with Gasteiger partial charge >= 0.3 is 0 Å². The van der Waals surface area contributed by atoms with Crippen LogP contribution in [0, 0.1) is 0 Å². The van der Waals surface area contributed by atoms with Gasteiger partial charge in [-0.3, -0.25) is 0 Å². The van der Waals surface area contributed by atoms with Crippen LogP contribution in [0.25, 0.3) is 0 Å². The van der Waals surface area contributed by atoms with Crippen LogP contribution in [0.5, 0.6) is 5.75 Å². The van der Waals surface area contributed by atoms with Gasteiger partial charge < -0.3 is 15.4 Å². The molecule has 0 aliphatic carbocycles. The maximum Gasteiger partial charge on any atom is 0.145 e. The third-order valence-electron chi connectivity index (χ3n) is 3.11. The summed E-state index contributed by atoms with van der Waals surface area (Å²) in [5.74, 6) is 0.901. The maximum absolute atomic E-state index is 6.22. The lowest BCUT2D eigenvalue weighted by atomic mass is 9.99. The Kier molecular flexibility index (Phi) is 1.96. The quantitative estimate of drug-likeness (QED) is 0.686. The Balaban J connectivity index is 2.25. The average Bonchev–Trinajstić information content (AvgIpc) is 2.26. The summed E-state index contributed by atoms with van der Waals surface area (Å²) in [5, 5.41) is 0.712. The van der Waals surface area contributed by atoms with Crippen molar-refractivity contribution >= 4 is 23.0 Å². The van der Waals surface area contributed by atoms with Gasteiger partial charge in [-0.2, -0.15) is 0 Å². The highest BCUT2D eigenvalue weighted by atomic mass is 35.5. The topological polar surface area (TPSA) is 38.5 Å². The van der Waals surface area contributed by atoms with Crippen molar-refractivity contribution in [2.75, 3.05) is 30.3 Å². The Bertz CT molecular complexity index is 418. The normalized spacial score (nSPS) is 18.3. The van der Waals surface area contributed by atoms with Crippen LogP contribution in [0.2, 0.25) is 5.02 Å². The average molecular weight is 225 g/mol. The minimum absolute atomic E-state index is 0.633. The molecule has 0 amide bonds. The lowest BCUT2D eigenvalue weighted by Crippen LogP contribution is -2.37. The molecule has 15 heavy (non-hydrogen) atoms. The minimum Gasteiger partial charge on any atom is -0.489 e. The first kappa shape index (κ1) is 9.16. The van der Waals surface area contributed by atoms with Crippen LogP contribution in [0.4, 0.5) is 11.4 Å². The summed E-state index contributed by atoms with van der Waals surface area (Å²) in [5.41, 5.74) is 8.83. The van der Waals surface area contributed by atoms with E-state index in [2.05, 4.69) is 4.90 Å². The van der Waals surface area contributed by atoms with Gasteiger partial charge in [-0.1, -0.05) is 11.6 Å². The van der Waals surface area contributed by atoms with E-state index in [1.54, 1.807) is 0 Å². The second-order valence-electron chi connectivity index (χ2n) is 4.04. The zero-order valence-electron chi connectivity index (χ0n) is 8.42. The van der Waals surface area contributed by atoms with Crippen molar-refractivity contribution < 1.29 is 4.74 Å². The molecule has 1 aromatic rings. The van der Waals surface area contributed by atoms with Crippen molar-refractivity contribution in [1.82, 2.24) is 0 Å². The van der Waals surface area contributed by atoms with Crippen LogP contribution in [0.1, 0.15) is 12.0 Å². The third-order valence-corrected chi connectivity index (χ3v) is 3.56. The number of nitrogens with two attached hydrogens (primary N) is 1. The van der Waals surface area contributed by atoms with E-state index in [1.165, 1.54) is 5.69 Å². The monoisotopic (exact) mass is 224 g/mol. The van der Waals surface area contributed by atoms with Crippen molar-refractivity contribution in [3.63, 3.8) is 0 Å².